The molecule has 0 aromatic heterocycles. The highest BCUT2D eigenvalue weighted by molar-refractivity contribution is 5.98. The number of anilines is 1. The number of amides is 2. The molecule has 2 amide bonds. The van der Waals surface area contributed by atoms with Crippen LogP contribution in [-0.4, -0.2) is 38.3 Å². The standard InChI is InChI=1S/C19H20N2O5/c1-20(19(23)26-14-7-5-4-6-8-14)21-15-12-17(25-3)16(24-2)11-13(15)9-10-18(21)22/h4-8,11-12H,9-10H2,1-3H3. The molecule has 136 valence electrons. The first-order chi connectivity index (χ1) is 12.5. The van der Waals surface area contributed by atoms with Crippen molar-refractivity contribution in [2.24, 2.45) is 0 Å². The van der Waals surface area contributed by atoms with Crippen LogP contribution in [0.1, 0.15) is 12.0 Å². The molecule has 2 aromatic rings. The molecule has 26 heavy (non-hydrogen) atoms. The van der Waals surface area contributed by atoms with Gasteiger partial charge in [-0.05, 0) is 30.2 Å². The Balaban J connectivity index is 1.92. The van der Waals surface area contributed by atoms with Crippen molar-refractivity contribution in [2.75, 3.05) is 26.3 Å². The van der Waals surface area contributed by atoms with E-state index in [2.05, 4.69) is 0 Å². The summed E-state index contributed by atoms with van der Waals surface area (Å²) in [7, 11) is 4.57. The zero-order valence-electron chi connectivity index (χ0n) is 14.9. The van der Waals surface area contributed by atoms with E-state index in [4.69, 9.17) is 14.2 Å². The van der Waals surface area contributed by atoms with Crippen molar-refractivity contribution in [1.29, 1.82) is 0 Å². The molecular formula is C19H20N2O5. The second-order valence-electron chi connectivity index (χ2n) is 5.75. The fourth-order valence-corrected chi connectivity index (χ4v) is 2.86. The van der Waals surface area contributed by atoms with Gasteiger partial charge in [-0.3, -0.25) is 4.79 Å². The summed E-state index contributed by atoms with van der Waals surface area (Å²) < 4.78 is 16.0. The fourth-order valence-electron chi connectivity index (χ4n) is 2.86. The number of aryl methyl sites for hydroxylation is 1. The highest BCUT2D eigenvalue weighted by atomic mass is 16.6. The van der Waals surface area contributed by atoms with Gasteiger partial charge < -0.3 is 14.2 Å². The minimum absolute atomic E-state index is 0.197. The summed E-state index contributed by atoms with van der Waals surface area (Å²) in [5, 5.41) is 2.48. The number of fused-ring (bicyclic) bond motifs is 1. The lowest BCUT2D eigenvalue weighted by Crippen LogP contribution is -2.50. The van der Waals surface area contributed by atoms with Crippen LogP contribution in [0, 0.1) is 0 Å². The van der Waals surface area contributed by atoms with Gasteiger partial charge in [-0.1, -0.05) is 18.2 Å². The first kappa shape index (κ1) is 17.6. The summed E-state index contributed by atoms with van der Waals surface area (Å²) in [4.78, 5) is 25.0. The van der Waals surface area contributed by atoms with Crippen LogP contribution in [0.15, 0.2) is 42.5 Å². The van der Waals surface area contributed by atoms with E-state index in [-0.39, 0.29) is 12.3 Å². The Morgan fingerprint density at radius 3 is 2.35 bits per heavy atom. The van der Waals surface area contributed by atoms with Crippen molar-refractivity contribution in [3.63, 3.8) is 0 Å². The van der Waals surface area contributed by atoms with Gasteiger partial charge in [0.2, 0.25) is 5.91 Å². The van der Waals surface area contributed by atoms with Gasteiger partial charge >= 0.3 is 6.09 Å². The number of carbonyl (C=O) groups is 2. The van der Waals surface area contributed by atoms with E-state index in [0.717, 1.165) is 5.56 Å². The second kappa shape index (κ2) is 7.35. The van der Waals surface area contributed by atoms with Gasteiger partial charge in [0.15, 0.2) is 11.5 Å². The van der Waals surface area contributed by atoms with Crippen molar-refractivity contribution in [3.05, 3.63) is 48.0 Å². The Morgan fingerprint density at radius 2 is 1.69 bits per heavy atom. The summed E-state index contributed by atoms with van der Waals surface area (Å²) in [5.74, 6) is 1.27. The molecule has 0 spiro atoms. The third-order valence-corrected chi connectivity index (χ3v) is 4.17. The monoisotopic (exact) mass is 356 g/mol. The maximum atomic E-state index is 12.5. The largest absolute Gasteiger partial charge is 0.493 e. The first-order valence-electron chi connectivity index (χ1n) is 8.13. The minimum Gasteiger partial charge on any atom is -0.493 e. The fraction of sp³-hybridized carbons (Fsp3) is 0.263. The molecule has 0 saturated heterocycles. The number of nitrogens with zero attached hydrogens (tertiary/aromatic N) is 2. The normalized spacial score (nSPS) is 13.0. The van der Waals surface area contributed by atoms with Gasteiger partial charge in [-0.25, -0.2) is 14.8 Å². The van der Waals surface area contributed by atoms with E-state index in [1.54, 1.807) is 37.4 Å². The van der Waals surface area contributed by atoms with Crippen molar-refractivity contribution < 1.29 is 23.8 Å². The summed E-state index contributed by atoms with van der Waals surface area (Å²) in [6.45, 7) is 0. The van der Waals surface area contributed by atoms with Crippen molar-refractivity contribution in [3.8, 4) is 17.2 Å². The van der Waals surface area contributed by atoms with Crippen LogP contribution in [-0.2, 0) is 11.2 Å². The molecule has 1 aliphatic rings. The van der Waals surface area contributed by atoms with Gasteiger partial charge in [0.05, 0.1) is 19.9 Å². The highest BCUT2D eigenvalue weighted by Gasteiger charge is 2.32. The first-order valence-corrected chi connectivity index (χ1v) is 8.13. The molecule has 2 aromatic carbocycles. The molecular weight excluding hydrogens is 336 g/mol. The van der Waals surface area contributed by atoms with Gasteiger partial charge in [0.25, 0.3) is 0 Å². The quantitative estimate of drug-likeness (QED) is 0.842. The number of benzene rings is 2. The maximum Gasteiger partial charge on any atom is 0.434 e. The summed E-state index contributed by atoms with van der Waals surface area (Å²) >= 11 is 0. The van der Waals surface area contributed by atoms with Crippen LogP contribution >= 0.6 is 0 Å². The molecule has 1 aliphatic heterocycles. The number of rotatable bonds is 4. The molecule has 0 N–H and O–H groups in total. The molecule has 0 aliphatic carbocycles. The molecule has 0 bridgehead atoms. The van der Waals surface area contributed by atoms with Crippen LogP contribution in [0.4, 0.5) is 10.5 Å². The topological polar surface area (TPSA) is 68.3 Å². The Morgan fingerprint density at radius 1 is 1.04 bits per heavy atom. The van der Waals surface area contributed by atoms with Crippen molar-refractivity contribution in [1.82, 2.24) is 5.01 Å². The molecule has 7 heteroatoms. The lowest BCUT2D eigenvalue weighted by Gasteiger charge is -2.35. The summed E-state index contributed by atoms with van der Waals surface area (Å²) in [6, 6.07) is 12.2. The average Bonchev–Trinajstić information content (AvgIpc) is 2.67. The molecule has 0 radical (unpaired) electrons. The zero-order valence-corrected chi connectivity index (χ0v) is 14.9. The van der Waals surface area contributed by atoms with E-state index >= 15 is 0 Å². The molecule has 7 nitrogen and oxygen atoms in total. The predicted molar refractivity (Wildman–Crippen MR) is 95.6 cm³/mol. The third kappa shape index (κ3) is 3.28. The van der Waals surface area contributed by atoms with Crippen LogP contribution < -0.4 is 19.2 Å². The third-order valence-electron chi connectivity index (χ3n) is 4.17. The molecule has 3 rings (SSSR count). The Labute approximate surface area is 151 Å². The smallest absolute Gasteiger partial charge is 0.434 e. The van der Waals surface area contributed by atoms with Gasteiger partial charge in [0, 0.05) is 19.5 Å². The summed E-state index contributed by atoms with van der Waals surface area (Å²) in [6.07, 6.45) is 0.185. The second-order valence-corrected chi connectivity index (χ2v) is 5.75. The molecule has 1 heterocycles. The lowest BCUT2D eigenvalue weighted by atomic mass is 10.0. The van der Waals surface area contributed by atoms with Crippen molar-refractivity contribution >= 4 is 17.7 Å². The zero-order chi connectivity index (χ0) is 18.7. The highest BCUT2D eigenvalue weighted by Crippen LogP contribution is 2.38. The number of hydrogen-bond donors (Lipinski definition) is 0. The number of ether oxygens (including phenoxy) is 3. The molecule has 0 atom stereocenters. The summed E-state index contributed by atoms with van der Waals surface area (Å²) in [5.41, 5.74) is 1.47. The van der Waals surface area contributed by atoms with Crippen LogP contribution in [0.3, 0.4) is 0 Å². The van der Waals surface area contributed by atoms with E-state index in [1.165, 1.54) is 24.2 Å². The van der Waals surface area contributed by atoms with Gasteiger partial charge in [-0.15, -0.1) is 0 Å². The number of carbonyl (C=O) groups excluding carboxylic acids is 2. The van der Waals surface area contributed by atoms with E-state index in [9.17, 15) is 9.59 Å². The van der Waals surface area contributed by atoms with Gasteiger partial charge in [-0.2, -0.15) is 0 Å². The van der Waals surface area contributed by atoms with E-state index < -0.39 is 6.09 Å². The van der Waals surface area contributed by atoms with Crippen LogP contribution in [0.2, 0.25) is 0 Å². The lowest BCUT2D eigenvalue weighted by molar-refractivity contribution is -0.121. The van der Waals surface area contributed by atoms with Crippen LogP contribution in [0.25, 0.3) is 0 Å². The Kier molecular flexibility index (Phi) is 4.97. The van der Waals surface area contributed by atoms with Crippen molar-refractivity contribution in [2.45, 2.75) is 12.8 Å². The number of methoxy groups -OCH3 is 2. The van der Waals surface area contributed by atoms with Crippen LogP contribution in [0.5, 0.6) is 17.2 Å². The minimum atomic E-state index is -0.660. The Hall–Kier alpha value is -3.22. The van der Waals surface area contributed by atoms with E-state index in [0.29, 0.717) is 29.4 Å². The Bertz CT molecular complexity index is 822. The molecule has 0 saturated carbocycles. The SMILES string of the molecule is COc1cc2c(cc1OC)N(N(C)C(=O)Oc1ccccc1)C(=O)CC2. The molecule has 0 unspecified atom stereocenters. The van der Waals surface area contributed by atoms with Gasteiger partial charge in [0.1, 0.15) is 5.75 Å². The number of hydrogen-bond acceptors (Lipinski definition) is 5. The number of hydrazine groups is 1. The molecule has 0 fully saturated rings. The average molecular weight is 356 g/mol. The maximum absolute atomic E-state index is 12.5. The predicted octanol–water partition coefficient (Wildman–Crippen LogP) is 3.03. The van der Waals surface area contributed by atoms with E-state index in [1.807, 2.05) is 12.1 Å². The number of para-hydroxylation sites is 1.